The summed E-state index contributed by atoms with van der Waals surface area (Å²) in [6.07, 6.45) is 0. The van der Waals surface area contributed by atoms with Crippen LogP contribution in [0.15, 0.2) is 22.6 Å². The lowest BCUT2D eigenvalue weighted by molar-refractivity contribution is 0.566. The van der Waals surface area contributed by atoms with Crippen LogP contribution in [0.4, 0.5) is 0 Å². The van der Waals surface area contributed by atoms with Gasteiger partial charge in [-0.15, -0.1) is 0 Å². The van der Waals surface area contributed by atoms with E-state index in [0.29, 0.717) is 8.92 Å². The molecule has 11 heavy (non-hydrogen) atoms. The van der Waals surface area contributed by atoms with Gasteiger partial charge in [0, 0.05) is 22.6 Å². The SMILES string of the molecule is Clc1cccc2oc(I)nc12. The number of para-hydroxylation sites is 1. The smallest absolute Gasteiger partial charge is 0.258 e. The van der Waals surface area contributed by atoms with Crippen molar-refractivity contribution in [1.82, 2.24) is 4.98 Å². The Bertz CT molecular complexity index is 398. The van der Waals surface area contributed by atoms with E-state index in [1.165, 1.54) is 0 Å². The van der Waals surface area contributed by atoms with Gasteiger partial charge >= 0.3 is 0 Å². The Labute approximate surface area is 81.7 Å². The van der Waals surface area contributed by atoms with E-state index in [1.807, 2.05) is 34.7 Å². The molecule has 0 aliphatic carbocycles. The molecule has 0 aliphatic heterocycles. The summed E-state index contributed by atoms with van der Waals surface area (Å²) in [6, 6.07) is 5.48. The van der Waals surface area contributed by atoms with Crippen molar-refractivity contribution in [1.29, 1.82) is 0 Å². The molecule has 2 aromatic rings. The molecule has 0 bridgehead atoms. The minimum atomic E-state index is 0.616. The molecule has 1 heterocycles. The van der Waals surface area contributed by atoms with E-state index in [1.54, 1.807) is 6.07 Å². The minimum Gasteiger partial charge on any atom is -0.432 e. The molecule has 0 N–H and O–H groups in total. The summed E-state index contributed by atoms with van der Waals surface area (Å²) >= 11 is 7.86. The Balaban J connectivity index is 2.90. The lowest BCUT2D eigenvalue weighted by Gasteiger charge is -1.86. The second-order valence-electron chi connectivity index (χ2n) is 2.05. The van der Waals surface area contributed by atoms with Crippen molar-refractivity contribution in [2.45, 2.75) is 0 Å². The molecule has 1 aromatic carbocycles. The molecule has 0 saturated heterocycles. The normalized spacial score (nSPS) is 10.7. The molecule has 4 heteroatoms. The van der Waals surface area contributed by atoms with E-state index in [-0.39, 0.29) is 0 Å². The second-order valence-corrected chi connectivity index (χ2v) is 3.38. The van der Waals surface area contributed by atoms with E-state index in [0.717, 1.165) is 11.1 Å². The van der Waals surface area contributed by atoms with E-state index in [4.69, 9.17) is 16.0 Å². The second kappa shape index (κ2) is 2.64. The first-order valence-corrected chi connectivity index (χ1v) is 4.43. The van der Waals surface area contributed by atoms with Crippen molar-refractivity contribution >= 4 is 45.3 Å². The summed E-state index contributed by atoms with van der Waals surface area (Å²) in [5, 5.41) is 0.633. The maximum Gasteiger partial charge on any atom is 0.258 e. The van der Waals surface area contributed by atoms with Crippen LogP contribution in [-0.2, 0) is 0 Å². The number of nitrogens with zero attached hydrogens (tertiary/aromatic N) is 1. The van der Waals surface area contributed by atoms with Gasteiger partial charge in [0.05, 0.1) is 5.02 Å². The molecule has 0 amide bonds. The lowest BCUT2D eigenvalue weighted by atomic mass is 10.3. The van der Waals surface area contributed by atoms with Gasteiger partial charge in [-0.05, 0) is 12.1 Å². The fourth-order valence-electron chi connectivity index (χ4n) is 0.888. The number of hydrogen-bond acceptors (Lipinski definition) is 2. The molecule has 56 valence electrons. The van der Waals surface area contributed by atoms with Gasteiger partial charge in [-0.25, -0.2) is 4.98 Å². The molecule has 0 atom stereocenters. The number of oxazole rings is 1. The van der Waals surface area contributed by atoms with Crippen LogP contribution in [0.2, 0.25) is 5.02 Å². The molecule has 2 rings (SSSR count). The topological polar surface area (TPSA) is 26.0 Å². The van der Waals surface area contributed by atoms with Gasteiger partial charge in [-0.3, -0.25) is 0 Å². The molecule has 2 nitrogen and oxygen atoms in total. The van der Waals surface area contributed by atoms with Gasteiger partial charge in [0.1, 0.15) is 5.52 Å². The van der Waals surface area contributed by atoms with Crippen molar-refractivity contribution in [3.8, 4) is 0 Å². The minimum absolute atomic E-state index is 0.616. The van der Waals surface area contributed by atoms with Gasteiger partial charge in [0.25, 0.3) is 3.90 Å². The fourth-order valence-corrected chi connectivity index (χ4v) is 1.57. The quantitative estimate of drug-likeness (QED) is 0.693. The number of aromatic nitrogens is 1. The van der Waals surface area contributed by atoms with E-state index in [2.05, 4.69) is 4.98 Å². The van der Waals surface area contributed by atoms with Crippen molar-refractivity contribution in [3.05, 3.63) is 27.1 Å². The van der Waals surface area contributed by atoms with Gasteiger partial charge in [0.2, 0.25) is 0 Å². The Morgan fingerprint density at radius 2 is 2.27 bits per heavy atom. The van der Waals surface area contributed by atoms with Gasteiger partial charge in [0.15, 0.2) is 5.58 Å². The molecule has 0 saturated carbocycles. The number of benzene rings is 1. The fraction of sp³-hybridized carbons (Fsp3) is 0. The van der Waals surface area contributed by atoms with E-state index in [9.17, 15) is 0 Å². The average Bonchev–Trinajstić information content (AvgIpc) is 2.31. The third-order valence-electron chi connectivity index (χ3n) is 1.34. The maximum atomic E-state index is 5.84. The van der Waals surface area contributed by atoms with Crippen molar-refractivity contribution < 1.29 is 4.42 Å². The van der Waals surface area contributed by atoms with Crippen LogP contribution in [0.25, 0.3) is 11.1 Å². The summed E-state index contributed by atoms with van der Waals surface area (Å²) in [6.45, 7) is 0. The summed E-state index contributed by atoms with van der Waals surface area (Å²) in [4.78, 5) is 4.10. The van der Waals surface area contributed by atoms with Gasteiger partial charge < -0.3 is 4.42 Å². The van der Waals surface area contributed by atoms with E-state index >= 15 is 0 Å². The van der Waals surface area contributed by atoms with Crippen molar-refractivity contribution in [3.63, 3.8) is 0 Å². The van der Waals surface area contributed by atoms with Crippen molar-refractivity contribution in [2.24, 2.45) is 0 Å². The molecule has 0 fully saturated rings. The first-order valence-electron chi connectivity index (χ1n) is 2.98. The zero-order valence-corrected chi connectivity index (χ0v) is 8.26. The third kappa shape index (κ3) is 1.22. The van der Waals surface area contributed by atoms with Crippen LogP contribution < -0.4 is 0 Å². The standard InChI is InChI=1S/C7H3ClINO/c8-4-2-1-3-5-6(4)10-7(9)11-5/h1-3H. The highest BCUT2D eigenvalue weighted by atomic mass is 127. The molecular weight excluding hydrogens is 276 g/mol. The third-order valence-corrected chi connectivity index (χ3v) is 2.11. The maximum absolute atomic E-state index is 5.84. The van der Waals surface area contributed by atoms with Crippen LogP contribution in [0.1, 0.15) is 0 Å². The first kappa shape index (κ1) is 7.36. The molecule has 0 spiro atoms. The van der Waals surface area contributed by atoms with Crippen LogP contribution >= 0.6 is 34.2 Å². The predicted molar refractivity (Wildman–Crippen MR) is 51.7 cm³/mol. The van der Waals surface area contributed by atoms with Crippen LogP contribution in [0.3, 0.4) is 0 Å². The number of hydrogen-bond donors (Lipinski definition) is 0. The Morgan fingerprint density at radius 3 is 3.00 bits per heavy atom. The van der Waals surface area contributed by atoms with Gasteiger partial charge in [-0.1, -0.05) is 17.7 Å². The number of rotatable bonds is 0. The van der Waals surface area contributed by atoms with E-state index < -0.39 is 0 Å². The Morgan fingerprint density at radius 1 is 1.45 bits per heavy atom. The Hall–Kier alpha value is -0.290. The van der Waals surface area contributed by atoms with Gasteiger partial charge in [-0.2, -0.15) is 0 Å². The monoisotopic (exact) mass is 279 g/mol. The summed E-state index contributed by atoms with van der Waals surface area (Å²) in [5.41, 5.74) is 1.47. The zero-order valence-electron chi connectivity index (χ0n) is 5.34. The summed E-state index contributed by atoms with van der Waals surface area (Å²) in [5.74, 6) is 0. The zero-order chi connectivity index (χ0) is 7.84. The summed E-state index contributed by atoms with van der Waals surface area (Å²) < 4.78 is 5.86. The summed E-state index contributed by atoms with van der Waals surface area (Å²) in [7, 11) is 0. The van der Waals surface area contributed by atoms with Crippen LogP contribution in [0, 0.1) is 3.90 Å². The Kier molecular flexibility index (Phi) is 1.77. The van der Waals surface area contributed by atoms with Crippen LogP contribution in [0.5, 0.6) is 0 Å². The number of halogens is 2. The predicted octanol–water partition coefficient (Wildman–Crippen LogP) is 3.09. The highest BCUT2D eigenvalue weighted by Crippen LogP contribution is 2.23. The molecular formula is C7H3ClINO. The van der Waals surface area contributed by atoms with Crippen LogP contribution in [-0.4, -0.2) is 4.98 Å². The molecule has 0 aliphatic rings. The number of fused-ring (bicyclic) bond motifs is 1. The molecule has 0 radical (unpaired) electrons. The molecule has 1 aromatic heterocycles. The van der Waals surface area contributed by atoms with Crippen molar-refractivity contribution in [2.75, 3.05) is 0 Å². The lowest BCUT2D eigenvalue weighted by Crippen LogP contribution is -1.69. The average molecular weight is 279 g/mol. The largest absolute Gasteiger partial charge is 0.432 e. The first-order chi connectivity index (χ1) is 5.27. The highest BCUT2D eigenvalue weighted by Gasteiger charge is 2.04. The highest BCUT2D eigenvalue weighted by molar-refractivity contribution is 14.1. The molecule has 0 unspecified atom stereocenters.